The molecule has 4 rings (SSSR count). The summed E-state index contributed by atoms with van der Waals surface area (Å²) in [5, 5.41) is 0.481. The predicted molar refractivity (Wildman–Crippen MR) is 143 cm³/mol. The summed E-state index contributed by atoms with van der Waals surface area (Å²) in [7, 11) is -0.344. The number of rotatable bonds is 9. The zero-order valence-corrected chi connectivity index (χ0v) is 22.9. The number of benzene rings is 2. The third-order valence-electron chi connectivity index (χ3n) is 5.85. The van der Waals surface area contributed by atoms with Gasteiger partial charge < -0.3 is 14.2 Å². The summed E-state index contributed by atoms with van der Waals surface area (Å²) in [6, 6.07) is 10.5. The molecule has 0 spiro atoms. The number of para-hydroxylation sites is 1. The lowest BCUT2D eigenvalue weighted by Crippen LogP contribution is -2.43. The van der Waals surface area contributed by atoms with Crippen LogP contribution in [-0.4, -0.2) is 84.1 Å². The monoisotopic (exact) mass is 555 g/mol. The van der Waals surface area contributed by atoms with Crippen molar-refractivity contribution in [2.45, 2.75) is 11.3 Å². The van der Waals surface area contributed by atoms with Crippen molar-refractivity contribution < 1.29 is 27.4 Å². The second kappa shape index (κ2) is 12.2. The molecule has 0 atom stereocenters. The summed E-state index contributed by atoms with van der Waals surface area (Å²) in [6.07, 6.45) is 1.30. The van der Waals surface area contributed by atoms with E-state index in [1.54, 1.807) is 43.4 Å². The standard InChI is InChI=1S/C24H29N3O6S2.ClH/c1-31-18-8-7-17(15-19(18)32-2)16-22(28)27(10-9-26-11-13-33-14-12-26)24-25-23-20(34-24)5-4-6-21(23)35(3,29)30;/h4-8,15H,9-14,16H2,1-3H3;1H. The Labute approximate surface area is 221 Å². The van der Waals surface area contributed by atoms with Gasteiger partial charge in [-0.15, -0.1) is 12.4 Å². The maximum absolute atomic E-state index is 13.6. The summed E-state index contributed by atoms with van der Waals surface area (Å²) < 4.78 is 41.4. The minimum absolute atomic E-state index is 0. The Bertz CT molecular complexity index is 1310. The average molecular weight is 556 g/mol. The number of amides is 1. The summed E-state index contributed by atoms with van der Waals surface area (Å²) in [6.45, 7) is 4.03. The number of aromatic nitrogens is 1. The summed E-state index contributed by atoms with van der Waals surface area (Å²) in [5.41, 5.74) is 1.17. The first-order valence-corrected chi connectivity index (χ1v) is 13.9. The molecule has 1 saturated heterocycles. The van der Waals surface area contributed by atoms with Crippen molar-refractivity contribution in [2.24, 2.45) is 0 Å². The first kappa shape index (κ1) is 28.1. The molecule has 2 heterocycles. The molecule has 9 nitrogen and oxygen atoms in total. The van der Waals surface area contributed by atoms with Crippen LogP contribution in [-0.2, 0) is 25.8 Å². The first-order chi connectivity index (χ1) is 16.8. The zero-order chi connectivity index (χ0) is 25.0. The van der Waals surface area contributed by atoms with Gasteiger partial charge in [0.25, 0.3) is 0 Å². The zero-order valence-electron chi connectivity index (χ0n) is 20.4. The Morgan fingerprint density at radius 1 is 1.14 bits per heavy atom. The van der Waals surface area contributed by atoms with E-state index in [0.717, 1.165) is 23.4 Å². The highest BCUT2D eigenvalue weighted by molar-refractivity contribution is 7.91. The molecule has 0 unspecified atom stereocenters. The fourth-order valence-electron chi connectivity index (χ4n) is 3.98. The number of morpholine rings is 1. The molecule has 0 radical (unpaired) electrons. The second-order valence-electron chi connectivity index (χ2n) is 8.24. The largest absolute Gasteiger partial charge is 0.493 e. The van der Waals surface area contributed by atoms with Gasteiger partial charge in [-0.3, -0.25) is 14.6 Å². The van der Waals surface area contributed by atoms with Crippen molar-refractivity contribution in [3.05, 3.63) is 42.0 Å². The van der Waals surface area contributed by atoms with Crippen LogP contribution in [0.3, 0.4) is 0 Å². The number of ether oxygens (including phenoxy) is 3. The Morgan fingerprint density at radius 3 is 2.53 bits per heavy atom. The Hall–Kier alpha value is -2.44. The van der Waals surface area contributed by atoms with Crippen LogP contribution in [0.1, 0.15) is 5.56 Å². The van der Waals surface area contributed by atoms with Gasteiger partial charge in [0.15, 0.2) is 26.5 Å². The topological polar surface area (TPSA) is 98.3 Å². The maximum atomic E-state index is 13.6. The number of methoxy groups -OCH3 is 2. The molecule has 1 fully saturated rings. The number of anilines is 1. The number of nitrogens with zero attached hydrogens (tertiary/aromatic N) is 3. The number of halogens is 1. The number of carbonyl (C=O) groups is 1. The number of hydrogen-bond acceptors (Lipinski definition) is 9. The van der Waals surface area contributed by atoms with Crippen molar-refractivity contribution in [3.8, 4) is 11.5 Å². The minimum atomic E-state index is -3.46. The molecule has 1 amide bonds. The van der Waals surface area contributed by atoms with Gasteiger partial charge in [0.05, 0.1) is 43.4 Å². The normalized spacial score (nSPS) is 14.3. The Balaban J connectivity index is 0.00000361. The van der Waals surface area contributed by atoms with Gasteiger partial charge in [0.2, 0.25) is 5.91 Å². The predicted octanol–water partition coefficient (Wildman–Crippen LogP) is 3.05. The third-order valence-corrected chi connectivity index (χ3v) is 8.02. The second-order valence-corrected chi connectivity index (χ2v) is 11.2. The molecular formula is C24H30ClN3O6S2. The van der Waals surface area contributed by atoms with E-state index in [-0.39, 0.29) is 29.6 Å². The molecule has 36 heavy (non-hydrogen) atoms. The van der Waals surface area contributed by atoms with Gasteiger partial charge in [-0.1, -0.05) is 23.5 Å². The van der Waals surface area contributed by atoms with Crippen molar-refractivity contribution in [1.29, 1.82) is 0 Å². The molecule has 1 aliphatic rings. The first-order valence-electron chi connectivity index (χ1n) is 11.2. The molecule has 2 aromatic carbocycles. The van der Waals surface area contributed by atoms with Crippen LogP contribution < -0.4 is 14.4 Å². The van der Waals surface area contributed by atoms with Crippen LogP contribution >= 0.6 is 23.7 Å². The highest BCUT2D eigenvalue weighted by Crippen LogP contribution is 2.33. The van der Waals surface area contributed by atoms with E-state index < -0.39 is 9.84 Å². The lowest BCUT2D eigenvalue weighted by Gasteiger charge is -2.29. The number of fused-ring (bicyclic) bond motifs is 1. The lowest BCUT2D eigenvalue weighted by atomic mass is 10.1. The van der Waals surface area contributed by atoms with E-state index in [1.807, 2.05) is 12.1 Å². The van der Waals surface area contributed by atoms with E-state index in [4.69, 9.17) is 14.2 Å². The van der Waals surface area contributed by atoms with E-state index in [9.17, 15) is 13.2 Å². The van der Waals surface area contributed by atoms with Crippen molar-refractivity contribution in [2.75, 3.05) is 64.8 Å². The molecule has 0 N–H and O–H groups in total. The summed E-state index contributed by atoms with van der Waals surface area (Å²) >= 11 is 1.32. The molecule has 1 aromatic heterocycles. The van der Waals surface area contributed by atoms with Gasteiger partial charge in [0.1, 0.15) is 5.52 Å². The van der Waals surface area contributed by atoms with Crippen LogP contribution in [0.2, 0.25) is 0 Å². The van der Waals surface area contributed by atoms with Crippen LogP contribution in [0.4, 0.5) is 5.13 Å². The highest BCUT2D eigenvalue weighted by atomic mass is 35.5. The fraction of sp³-hybridized carbons (Fsp3) is 0.417. The van der Waals surface area contributed by atoms with Crippen LogP contribution in [0.15, 0.2) is 41.3 Å². The molecular weight excluding hydrogens is 526 g/mol. The van der Waals surface area contributed by atoms with Crippen LogP contribution in [0, 0.1) is 0 Å². The quantitative estimate of drug-likeness (QED) is 0.397. The van der Waals surface area contributed by atoms with E-state index >= 15 is 0 Å². The molecule has 12 heteroatoms. The van der Waals surface area contributed by atoms with Crippen LogP contribution in [0.25, 0.3) is 10.2 Å². The number of sulfone groups is 1. The molecule has 196 valence electrons. The maximum Gasteiger partial charge on any atom is 0.233 e. The fourth-order valence-corrected chi connectivity index (χ4v) is 5.91. The van der Waals surface area contributed by atoms with Gasteiger partial charge in [-0.05, 0) is 29.8 Å². The number of thiazole rings is 1. The smallest absolute Gasteiger partial charge is 0.233 e. The summed E-state index contributed by atoms with van der Waals surface area (Å²) in [5.74, 6) is 1.01. The van der Waals surface area contributed by atoms with Gasteiger partial charge in [-0.25, -0.2) is 13.4 Å². The molecule has 1 aliphatic heterocycles. The summed E-state index contributed by atoms with van der Waals surface area (Å²) in [4.78, 5) is 22.2. The Kier molecular flexibility index (Phi) is 9.53. The number of hydrogen-bond donors (Lipinski definition) is 0. The van der Waals surface area contributed by atoms with Gasteiger partial charge in [0, 0.05) is 32.4 Å². The third kappa shape index (κ3) is 6.46. The van der Waals surface area contributed by atoms with Crippen molar-refractivity contribution >= 4 is 54.8 Å². The SMILES string of the molecule is COc1ccc(CC(=O)N(CCN2CCOCC2)c2nc3c(S(C)(=O)=O)cccc3s2)cc1OC.Cl. The highest BCUT2D eigenvalue weighted by Gasteiger charge is 2.24. The lowest BCUT2D eigenvalue weighted by molar-refractivity contribution is -0.118. The van der Waals surface area contributed by atoms with E-state index in [2.05, 4.69) is 9.88 Å². The van der Waals surface area contributed by atoms with Crippen LogP contribution in [0.5, 0.6) is 11.5 Å². The van der Waals surface area contributed by atoms with E-state index in [0.29, 0.717) is 48.5 Å². The van der Waals surface area contributed by atoms with Crippen molar-refractivity contribution in [3.63, 3.8) is 0 Å². The molecule has 0 bridgehead atoms. The van der Waals surface area contributed by atoms with Crippen molar-refractivity contribution in [1.82, 2.24) is 9.88 Å². The van der Waals surface area contributed by atoms with E-state index in [1.165, 1.54) is 17.6 Å². The molecule has 0 saturated carbocycles. The minimum Gasteiger partial charge on any atom is -0.493 e. The van der Waals surface area contributed by atoms with Gasteiger partial charge >= 0.3 is 0 Å². The molecule has 0 aliphatic carbocycles. The molecule has 3 aromatic rings. The number of carbonyl (C=O) groups excluding carboxylic acids is 1. The Morgan fingerprint density at radius 2 is 1.86 bits per heavy atom. The average Bonchev–Trinajstić information content (AvgIpc) is 3.28. The van der Waals surface area contributed by atoms with Gasteiger partial charge in [-0.2, -0.15) is 0 Å².